The van der Waals surface area contributed by atoms with Crippen LogP contribution in [-0.2, 0) is 20.5 Å². The first-order valence-corrected chi connectivity index (χ1v) is 7.10. The van der Waals surface area contributed by atoms with Crippen LogP contribution in [0.3, 0.4) is 0 Å². The molecule has 0 saturated carbocycles. The van der Waals surface area contributed by atoms with E-state index < -0.39 is 38.3 Å². The fourth-order valence-corrected chi connectivity index (χ4v) is 3.19. The van der Waals surface area contributed by atoms with E-state index in [4.69, 9.17) is 0 Å². The highest BCUT2D eigenvalue weighted by Crippen LogP contribution is 2.39. The second-order valence-corrected chi connectivity index (χ2v) is 6.04. The normalized spacial score (nSPS) is 14.2. The second-order valence-electron chi connectivity index (χ2n) is 3.59. The van der Waals surface area contributed by atoms with Crippen LogP contribution >= 0.6 is 9.24 Å². The molecule has 0 spiro atoms. The van der Waals surface area contributed by atoms with Crippen molar-refractivity contribution in [1.29, 1.82) is 0 Å². The largest absolute Gasteiger partial charge is 0.495 e. The molecule has 0 bridgehead atoms. The van der Waals surface area contributed by atoms with Gasteiger partial charge in [0.25, 0.3) is 0 Å². The summed E-state index contributed by atoms with van der Waals surface area (Å²) in [6, 6.07) is 2.84. The van der Waals surface area contributed by atoms with E-state index in [9.17, 15) is 21.6 Å². The van der Waals surface area contributed by atoms with Crippen LogP contribution in [0.4, 0.5) is 13.2 Å². The van der Waals surface area contributed by atoms with Crippen LogP contribution in [0.1, 0.15) is 12.5 Å². The summed E-state index contributed by atoms with van der Waals surface area (Å²) in [5.41, 5.74) is -1.32. The fourth-order valence-electron chi connectivity index (χ4n) is 1.41. The Labute approximate surface area is 111 Å². The van der Waals surface area contributed by atoms with Crippen molar-refractivity contribution in [3.63, 3.8) is 0 Å². The Balaban J connectivity index is 3.56. The van der Waals surface area contributed by atoms with Gasteiger partial charge in [-0.1, -0.05) is 6.07 Å². The lowest BCUT2D eigenvalue weighted by atomic mass is 10.2. The fraction of sp³-hybridized carbons (Fsp3) is 0.400. The molecule has 0 aliphatic heterocycles. The molecule has 0 aliphatic rings. The molecule has 9 heteroatoms. The van der Waals surface area contributed by atoms with Gasteiger partial charge in [-0.2, -0.15) is 21.6 Å². The van der Waals surface area contributed by atoms with Crippen LogP contribution < -0.4 is 4.74 Å². The van der Waals surface area contributed by atoms with Crippen LogP contribution in [0.25, 0.3) is 0 Å². The highest BCUT2D eigenvalue weighted by molar-refractivity contribution is 7.87. The van der Waals surface area contributed by atoms with Gasteiger partial charge in [0, 0.05) is 0 Å². The van der Waals surface area contributed by atoms with Gasteiger partial charge in [-0.25, -0.2) is 0 Å². The van der Waals surface area contributed by atoms with Crippen LogP contribution in [0.5, 0.6) is 5.75 Å². The molecule has 1 aromatic carbocycles. The first-order valence-electron chi connectivity index (χ1n) is 5.02. The highest BCUT2D eigenvalue weighted by atomic mass is 32.2. The van der Waals surface area contributed by atoms with Crippen molar-refractivity contribution < 1.29 is 30.5 Å². The number of hydrogen-bond donors (Lipinski definition) is 0. The standard InChI is InChI=1S/C10H12F3O4PS/c1-6(18)17-19(14,15)9-7(10(11,12)13)4-3-5-8(9)16-2/h3-6H,18H2,1-2H3. The topological polar surface area (TPSA) is 52.6 Å². The minimum atomic E-state index is -4.83. The van der Waals surface area contributed by atoms with Gasteiger partial charge in [-0.05, 0) is 19.1 Å². The molecule has 0 aromatic heterocycles. The summed E-state index contributed by atoms with van der Waals surface area (Å²) in [4.78, 5) is -1.01. The van der Waals surface area contributed by atoms with Crippen molar-refractivity contribution in [3.8, 4) is 5.75 Å². The van der Waals surface area contributed by atoms with Crippen LogP contribution in [0.2, 0.25) is 0 Å². The third-order valence-corrected chi connectivity index (χ3v) is 3.84. The number of ether oxygens (including phenoxy) is 1. The molecule has 0 saturated heterocycles. The van der Waals surface area contributed by atoms with E-state index >= 15 is 0 Å². The second kappa shape index (κ2) is 5.64. The Bertz CT molecular complexity index is 554. The molecule has 2 atom stereocenters. The van der Waals surface area contributed by atoms with Gasteiger partial charge in [-0.3, -0.25) is 4.18 Å². The Morgan fingerprint density at radius 1 is 1.32 bits per heavy atom. The Morgan fingerprint density at radius 3 is 2.32 bits per heavy atom. The predicted molar refractivity (Wildman–Crippen MR) is 65.4 cm³/mol. The Hall–Kier alpha value is -0.850. The summed E-state index contributed by atoms with van der Waals surface area (Å²) in [6.07, 6.45) is -4.83. The third kappa shape index (κ3) is 3.81. The van der Waals surface area contributed by atoms with Gasteiger partial charge >= 0.3 is 16.3 Å². The number of halogens is 3. The number of rotatable bonds is 4. The van der Waals surface area contributed by atoms with Crippen molar-refractivity contribution in [1.82, 2.24) is 0 Å². The van der Waals surface area contributed by atoms with E-state index in [0.717, 1.165) is 19.2 Å². The van der Waals surface area contributed by atoms with E-state index in [1.165, 1.54) is 6.92 Å². The van der Waals surface area contributed by atoms with Crippen LogP contribution in [0, 0.1) is 0 Å². The van der Waals surface area contributed by atoms with Gasteiger partial charge in [-0.15, -0.1) is 9.24 Å². The zero-order valence-corrected chi connectivity index (χ0v) is 12.0. The van der Waals surface area contributed by atoms with E-state index in [-0.39, 0.29) is 0 Å². The molecule has 19 heavy (non-hydrogen) atoms. The van der Waals surface area contributed by atoms with Gasteiger partial charge < -0.3 is 4.74 Å². The lowest BCUT2D eigenvalue weighted by Gasteiger charge is -2.17. The first-order chi connectivity index (χ1) is 8.59. The maximum absolute atomic E-state index is 12.9. The molecule has 0 aliphatic carbocycles. The average Bonchev–Trinajstić information content (AvgIpc) is 2.25. The molecule has 4 nitrogen and oxygen atoms in total. The van der Waals surface area contributed by atoms with E-state index in [0.29, 0.717) is 6.07 Å². The van der Waals surface area contributed by atoms with Gasteiger partial charge in [0.15, 0.2) is 0 Å². The lowest BCUT2D eigenvalue weighted by Crippen LogP contribution is -2.18. The SMILES string of the molecule is COc1cccc(C(F)(F)F)c1S(=O)(=O)OC(C)P. The minimum Gasteiger partial charge on any atom is -0.495 e. The average molecular weight is 316 g/mol. The maximum atomic E-state index is 12.9. The van der Waals surface area contributed by atoms with Crippen molar-refractivity contribution in [2.75, 3.05) is 7.11 Å². The maximum Gasteiger partial charge on any atom is 0.417 e. The highest BCUT2D eigenvalue weighted by Gasteiger charge is 2.40. The Morgan fingerprint density at radius 2 is 1.89 bits per heavy atom. The van der Waals surface area contributed by atoms with Gasteiger partial charge in [0.05, 0.1) is 18.5 Å². The van der Waals surface area contributed by atoms with Crippen LogP contribution in [-0.4, -0.2) is 21.4 Å². The summed E-state index contributed by atoms with van der Waals surface area (Å²) < 4.78 is 71.5. The van der Waals surface area contributed by atoms with E-state index in [1.807, 2.05) is 9.24 Å². The first kappa shape index (κ1) is 16.2. The number of hydrogen-bond acceptors (Lipinski definition) is 4. The summed E-state index contributed by atoms with van der Waals surface area (Å²) in [6.45, 7) is 1.37. The number of alkyl halides is 3. The molecule has 0 fully saturated rings. The molecular weight excluding hydrogens is 304 g/mol. The monoisotopic (exact) mass is 316 g/mol. The summed E-state index contributed by atoms with van der Waals surface area (Å²) in [5, 5.41) is 0. The molecule has 1 aromatic rings. The zero-order valence-electron chi connectivity index (χ0n) is 10.1. The number of methoxy groups -OCH3 is 1. The summed E-state index contributed by atoms with van der Waals surface area (Å²) in [5.74, 6) is -1.28. The molecule has 0 N–H and O–H groups in total. The molecular formula is C10H12F3O4PS. The van der Waals surface area contributed by atoms with E-state index in [2.05, 4.69) is 8.92 Å². The molecule has 0 amide bonds. The molecule has 2 unspecified atom stereocenters. The van der Waals surface area contributed by atoms with Crippen molar-refractivity contribution in [3.05, 3.63) is 23.8 Å². The quantitative estimate of drug-likeness (QED) is 0.633. The van der Waals surface area contributed by atoms with Crippen molar-refractivity contribution >= 4 is 19.4 Å². The number of benzene rings is 1. The van der Waals surface area contributed by atoms with E-state index in [1.54, 1.807) is 0 Å². The van der Waals surface area contributed by atoms with Crippen molar-refractivity contribution in [2.45, 2.75) is 23.8 Å². The molecule has 0 heterocycles. The van der Waals surface area contributed by atoms with Crippen molar-refractivity contribution in [2.24, 2.45) is 0 Å². The smallest absolute Gasteiger partial charge is 0.417 e. The van der Waals surface area contributed by atoms with Gasteiger partial charge in [0.1, 0.15) is 10.6 Å². The zero-order chi connectivity index (χ0) is 14.8. The third-order valence-electron chi connectivity index (χ3n) is 2.03. The summed E-state index contributed by atoms with van der Waals surface area (Å²) in [7, 11) is -1.47. The lowest BCUT2D eigenvalue weighted by molar-refractivity contribution is -0.140. The predicted octanol–water partition coefficient (Wildman–Crippen LogP) is 2.64. The van der Waals surface area contributed by atoms with Gasteiger partial charge in [0.2, 0.25) is 0 Å². The Kier molecular flexibility index (Phi) is 4.81. The molecule has 0 radical (unpaired) electrons. The molecule has 108 valence electrons. The van der Waals surface area contributed by atoms with Crippen LogP contribution in [0.15, 0.2) is 23.1 Å². The molecule has 1 rings (SSSR count). The minimum absolute atomic E-state index is 0.416. The summed E-state index contributed by atoms with van der Waals surface area (Å²) >= 11 is 0.